The largest absolute Gasteiger partial charge is 0.417 e. The van der Waals surface area contributed by atoms with Crippen LogP contribution in [0.4, 0.5) is 26.3 Å². The Balaban J connectivity index is 2.20. The topological polar surface area (TPSA) is 43.1 Å². The van der Waals surface area contributed by atoms with Gasteiger partial charge >= 0.3 is 12.4 Å². The molecular formula is C23H14ClF6NO. The molecule has 0 unspecified atom stereocenters. The molecule has 0 atom stereocenters. The van der Waals surface area contributed by atoms with Gasteiger partial charge in [0.2, 0.25) is 0 Å². The maximum absolute atomic E-state index is 13.8. The summed E-state index contributed by atoms with van der Waals surface area (Å²) in [6.07, 6.45) is -9.77. The Kier molecular flexibility index (Phi) is 6.11. The molecule has 0 saturated heterocycles. The molecule has 0 aliphatic rings. The number of alkyl halides is 6. The van der Waals surface area contributed by atoms with E-state index in [0.29, 0.717) is 28.5 Å². The van der Waals surface area contributed by atoms with Crippen LogP contribution in [0.2, 0.25) is 5.02 Å². The van der Waals surface area contributed by atoms with Gasteiger partial charge in [0.1, 0.15) is 0 Å². The molecule has 0 aliphatic heterocycles. The average molecular weight is 470 g/mol. The zero-order valence-corrected chi connectivity index (χ0v) is 16.9. The Morgan fingerprint density at radius 1 is 0.906 bits per heavy atom. The quantitative estimate of drug-likeness (QED) is 0.248. The van der Waals surface area contributed by atoms with Crippen molar-refractivity contribution in [3.63, 3.8) is 0 Å². The van der Waals surface area contributed by atoms with Crippen molar-refractivity contribution in [1.82, 2.24) is 0 Å². The summed E-state index contributed by atoms with van der Waals surface area (Å²) in [4.78, 5) is 12.9. The summed E-state index contributed by atoms with van der Waals surface area (Å²) in [5.74, 6) is -1.05. The highest BCUT2D eigenvalue weighted by atomic mass is 35.5. The number of fused-ring (bicyclic) bond motifs is 1. The number of ketones is 1. The molecule has 0 aromatic heterocycles. The Morgan fingerprint density at radius 3 is 2.00 bits per heavy atom. The van der Waals surface area contributed by atoms with Gasteiger partial charge in [0.15, 0.2) is 5.78 Å². The first-order chi connectivity index (χ1) is 14.8. The third kappa shape index (κ3) is 4.80. The molecule has 32 heavy (non-hydrogen) atoms. The summed E-state index contributed by atoms with van der Waals surface area (Å²) in [5.41, 5.74) is 2.58. The number of allylic oxidation sites excluding steroid dienone is 2. The summed E-state index contributed by atoms with van der Waals surface area (Å²) in [5, 5.41) is 0.269. The van der Waals surface area contributed by atoms with E-state index in [-0.39, 0.29) is 17.3 Å². The standard InChI is InChI=1S/C23H14ClF6NO/c1-12(31)16-6-7-19(18-5-3-2-4-17(16)18)21(32)11-20(23(28,29)30)13-8-14(22(25,26)27)10-15(24)9-13/h2-11H,1,31H2/b20-11-. The maximum Gasteiger partial charge on any atom is 0.417 e. The predicted molar refractivity (Wildman–Crippen MR) is 112 cm³/mol. The predicted octanol–water partition coefficient (Wildman–Crippen LogP) is 7.27. The fourth-order valence-corrected chi connectivity index (χ4v) is 3.48. The van der Waals surface area contributed by atoms with Crippen LogP contribution in [-0.2, 0) is 6.18 Å². The summed E-state index contributed by atoms with van der Waals surface area (Å²) in [6, 6.07) is 10.7. The number of rotatable bonds is 4. The van der Waals surface area contributed by atoms with E-state index in [2.05, 4.69) is 6.58 Å². The Bertz CT molecular complexity index is 1260. The lowest BCUT2D eigenvalue weighted by Crippen LogP contribution is -2.14. The second kappa shape index (κ2) is 8.35. The van der Waals surface area contributed by atoms with E-state index in [1.165, 1.54) is 18.2 Å². The molecule has 0 fully saturated rings. The van der Waals surface area contributed by atoms with Crippen LogP contribution in [0.3, 0.4) is 0 Å². The Morgan fingerprint density at radius 2 is 1.47 bits per heavy atom. The van der Waals surface area contributed by atoms with Gasteiger partial charge in [-0.3, -0.25) is 4.79 Å². The highest BCUT2D eigenvalue weighted by Crippen LogP contribution is 2.39. The van der Waals surface area contributed by atoms with Crippen molar-refractivity contribution in [3.8, 4) is 0 Å². The van der Waals surface area contributed by atoms with E-state index in [1.807, 2.05) is 0 Å². The molecule has 0 aliphatic carbocycles. The first-order valence-corrected chi connectivity index (χ1v) is 9.34. The molecule has 3 aromatic rings. The lowest BCUT2D eigenvalue weighted by atomic mass is 9.94. The molecule has 2 N–H and O–H groups in total. The molecule has 0 amide bonds. The zero-order chi connectivity index (χ0) is 23.8. The van der Waals surface area contributed by atoms with Crippen molar-refractivity contribution >= 4 is 39.4 Å². The van der Waals surface area contributed by atoms with Crippen LogP contribution in [0.1, 0.15) is 27.0 Å². The summed E-state index contributed by atoms with van der Waals surface area (Å²) >= 11 is 5.63. The van der Waals surface area contributed by atoms with Crippen molar-refractivity contribution in [1.29, 1.82) is 0 Å². The van der Waals surface area contributed by atoms with Crippen LogP contribution in [-0.4, -0.2) is 12.0 Å². The summed E-state index contributed by atoms with van der Waals surface area (Å²) < 4.78 is 80.5. The lowest BCUT2D eigenvalue weighted by molar-refractivity contribution is -0.137. The second-order valence-corrected chi connectivity index (χ2v) is 7.31. The highest BCUT2D eigenvalue weighted by molar-refractivity contribution is 6.31. The van der Waals surface area contributed by atoms with Gasteiger partial charge in [-0.15, -0.1) is 0 Å². The van der Waals surface area contributed by atoms with E-state index >= 15 is 0 Å². The van der Waals surface area contributed by atoms with Crippen LogP contribution in [0.25, 0.3) is 22.0 Å². The third-order valence-corrected chi connectivity index (χ3v) is 4.87. The van der Waals surface area contributed by atoms with Gasteiger partial charge in [-0.2, -0.15) is 26.3 Å². The van der Waals surface area contributed by atoms with Crippen molar-refractivity contribution in [2.24, 2.45) is 5.73 Å². The SMILES string of the molecule is C=C(N)c1ccc(C(=O)/C=C(/c2cc(Cl)cc(C(F)(F)F)c2)C(F)(F)F)c2ccccc12. The van der Waals surface area contributed by atoms with Crippen molar-refractivity contribution < 1.29 is 31.1 Å². The molecule has 3 aromatic carbocycles. The summed E-state index contributed by atoms with van der Waals surface area (Å²) in [7, 11) is 0. The molecule has 9 heteroatoms. The van der Waals surface area contributed by atoms with E-state index < -0.39 is 39.9 Å². The van der Waals surface area contributed by atoms with Gasteiger partial charge in [0.25, 0.3) is 0 Å². The molecule has 0 saturated carbocycles. The number of carbonyl (C=O) groups excluding carboxylic acids is 1. The van der Waals surface area contributed by atoms with Crippen molar-refractivity contribution in [3.05, 3.63) is 94.5 Å². The first-order valence-electron chi connectivity index (χ1n) is 8.97. The third-order valence-electron chi connectivity index (χ3n) is 4.65. The lowest BCUT2D eigenvalue weighted by Gasteiger charge is -2.15. The van der Waals surface area contributed by atoms with Gasteiger partial charge in [0, 0.05) is 21.8 Å². The fourth-order valence-electron chi connectivity index (χ4n) is 3.24. The maximum atomic E-state index is 13.8. The molecule has 2 nitrogen and oxygen atoms in total. The Labute approximate surface area is 183 Å². The highest BCUT2D eigenvalue weighted by Gasteiger charge is 2.38. The molecule has 0 bridgehead atoms. The van der Waals surface area contributed by atoms with E-state index in [4.69, 9.17) is 17.3 Å². The monoisotopic (exact) mass is 469 g/mol. The van der Waals surface area contributed by atoms with Crippen molar-refractivity contribution in [2.75, 3.05) is 0 Å². The summed E-state index contributed by atoms with van der Waals surface area (Å²) in [6.45, 7) is 3.63. The minimum absolute atomic E-state index is 0.0783. The first kappa shape index (κ1) is 23.4. The number of hydrogen-bond donors (Lipinski definition) is 1. The molecule has 166 valence electrons. The van der Waals surface area contributed by atoms with Crippen LogP contribution in [0.5, 0.6) is 0 Å². The van der Waals surface area contributed by atoms with Gasteiger partial charge in [-0.1, -0.05) is 48.5 Å². The molecule has 0 heterocycles. The van der Waals surface area contributed by atoms with E-state index in [1.54, 1.807) is 18.2 Å². The van der Waals surface area contributed by atoms with Crippen LogP contribution in [0, 0.1) is 0 Å². The fraction of sp³-hybridized carbons (Fsp3) is 0.0870. The van der Waals surface area contributed by atoms with E-state index in [9.17, 15) is 31.1 Å². The minimum atomic E-state index is -5.12. The van der Waals surface area contributed by atoms with Gasteiger partial charge in [0.05, 0.1) is 11.1 Å². The Hall–Kier alpha value is -3.26. The molecular weight excluding hydrogens is 456 g/mol. The van der Waals surface area contributed by atoms with Crippen LogP contribution in [0.15, 0.2) is 67.3 Å². The van der Waals surface area contributed by atoms with Gasteiger partial charge < -0.3 is 5.73 Å². The number of nitrogens with two attached hydrogens (primary N) is 1. The average Bonchev–Trinajstić information content (AvgIpc) is 2.68. The number of halogens is 7. The smallest absolute Gasteiger partial charge is 0.399 e. The molecule has 0 radical (unpaired) electrons. The van der Waals surface area contributed by atoms with E-state index in [0.717, 1.165) is 6.07 Å². The van der Waals surface area contributed by atoms with Crippen LogP contribution >= 0.6 is 11.6 Å². The van der Waals surface area contributed by atoms with Crippen molar-refractivity contribution in [2.45, 2.75) is 12.4 Å². The normalized spacial score (nSPS) is 12.8. The van der Waals surface area contributed by atoms with Crippen LogP contribution < -0.4 is 5.73 Å². The number of carbonyl (C=O) groups is 1. The number of benzene rings is 3. The zero-order valence-electron chi connectivity index (χ0n) is 16.1. The van der Waals surface area contributed by atoms with Gasteiger partial charge in [-0.25, -0.2) is 0 Å². The van der Waals surface area contributed by atoms with Gasteiger partial charge in [-0.05, 0) is 46.7 Å². The number of hydrogen-bond acceptors (Lipinski definition) is 2. The second-order valence-electron chi connectivity index (χ2n) is 6.88. The molecule has 0 spiro atoms. The minimum Gasteiger partial charge on any atom is -0.399 e. The molecule has 3 rings (SSSR count).